The van der Waals surface area contributed by atoms with Gasteiger partial charge in [0.25, 0.3) is 0 Å². The number of hydrogen-bond donors (Lipinski definition) is 1. The monoisotopic (exact) mass is 329 g/mol. The predicted molar refractivity (Wildman–Crippen MR) is 88.4 cm³/mol. The van der Waals surface area contributed by atoms with Crippen molar-refractivity contribution in [1.82, 2.24) is 25.1 Å². The summed E-state index contributed by atoms with van der Waals surface area (Å²) >= 11 is 0. The molecule has 0 spiro atoms. The Morgan fingerprint density at radius 2 is 2.04 bits per heavy atom. The molecule has 1 N–H and O–H groups in total. The van der Waals surface area contributed by atoms with Gasteiger partial charge in [-0.05, 0) is 32.1 Å². The van der Waals surface area contributed by atoms with E-state index >= 15 is 0 Å². The standard InChI is InChI=1S/C17H23N5O2/c23-14(11-13-3-1-2-10-24-13)22-8-4-12(5-9-22)15-16-17(21-20-15)19-7-6-18-16/h6-7,12-13H,1-5,8-11H2,(H,19,20,21). The zero-order valence-electron chi connectivity index (χ0n) is 13.8. The third-order valence-corrected chi connectivity index (χ3v) is 5.15. The molecular formula is C17H23N5O2. The number of aromatic amines is 1. The number of carbonyl (C=O) groups excluding carboxylic acids is 1. The fraction of sp³-hybridized carbons (Fsp3) is 0.647. The SMILES string of the molecule is O=C(CC1CCCCO1)N1CCC(c2[nH]nc3nccnc23)CC1. The van der Waals surface area contributed by atoms with Crippen LogP contribution in [-0.2, 0) is 9.53 Å². The van der Waals surface area contributed by atoms with Gasteiger partial charge in [-0.2, -0.15) is 5.10 Å². The van der Waals surface area contributed by atoms with Crippen molar-refractivity contribution in [2.24, 2.45) is 0 Å². The number of ether oxygens (including phenoxy) is 1. The normalized spacial score (nSPS) is 22.8. The van der Waals surface area contributed by atoms with Gasteiger partial charge in [-0.1, -0.05) is 0 Å². The van der Waals surface area contributed by atoms with E-state index in [2.05, 4.69) is 20.2 Å². The lowest BCUT2D eigenvalue weighted by atomic mass is 9.92. The highest BCUT2D eigenvalue weighted by Gasteiger charge is 2.28. The summed E-state index contributed by atoms with van der Waals surface area (Å²) in [5.74, 6) is 0.594. The lowest BCUT2D eigenvalue weighted by Gasteiger charge is -2.33. The predicted octanol–water partition coefficient (Wildman–Crippen LogP) is 2.02. The number of hydrogen-bond acceptors (Lipinski definition) is 5. The van der Waals surface area contributed by atoms with Crippen LogP contribution < -0.4 is 0 Å². The maximum atomic E-state index is 12.5. The number of H-pyrrole nitrogens is 1. The molecule has 2 fully saturated rings. The third-order valence-electron chi connectivity index (χ3n) is 5.15. The summed E-state index contributed by atoms with van der Waals surface area (Å²) in [5, 5.41) is 7.32. The molecule has 24 heavy (non-hydrogen) atoms. The van der Waals surface area contributed by atoms with Gasteiger partial charge < -0.3 is 9.64 Å². The number of nitrogens with one attached hydrogen (secondary N) is 1. The molecule has 128 valence electrons. The van der Waals surface area contributed by atoms with E-state index in [1.165, 1.54) is 6.42 Å². The van der Waals surface area contributed by atoms with Crippen LogP contribution in [0.4, 0.5) is 0 Å². The highest BCUT2D eigenvalue weighted by atomic mass is 16.5. The number of piperidine rings is 1. The van der Waals surface area contributed by atoms with Gasteiger partial charge in [-0.15, -0.1) is 0 Å². The number of carbonyl (C=O) groups is 1. The zero-order valence-corrected chi connectivity index (χ0v) is 13.8. The Hall–Kier alpha value is -2.02. The quantitative estimate of drug-likeness (QED) is 0.931. The van der Waals surface area contributed by atoms with Crippen molar-refractivity contribution in [1.29, 1.82) is 0 Å². The molecule has 2 aromatic heterocycles. The van der Waals surface area contributed by atoms with E-state index in [1.807, 2.05) is 4.90 Å². The van der Waals surface area contributed by atoms with E-state index in [0.717, 1.165) is 56.6 Å². The second-order valence-electron chi connectivity index (χ2n) is 6.71. The van der Waals surface area contributed by atoms with Gasteiger partial charge in [-0.3, -0.25) is 9.89 Å². The largest absolute Gasteiger partial charge is 0.378 e. The second kappa shape index (κ2) is 6.84. The molecule has 4 heterocycles. The van der Waals surface area contributed by atoms with Crippen LogP contribution in [0, 0.1) is 0 Å². The van der Waals surface area contributed by atoms with Crippen molar-refractivity contribution in [3.05, 3.63) is 18.1 Å². The van der Waals surface area contributed by atoms with Gasteiger partial charge in [0.15, 0.2) is 5.65 Å². The Morgan fingerprint density at radius 1 is 1.21 bits per heavy atom. The van der Waals surface area contributed by atoms with Crippen LogP contribution in [0.2, 0.25) is 0 Å². The number of likely N-dealkylation sites (tertiary alicyclic amines) is 1. The van der Waals surface area contributed by atoms with E-state index < -0.39 is 0 Å². The Labute approximate surface area is 140 Å². The number of aromatic nitrogens is 4. The van der Waals surface area contributed by atoms with Gasteiger partial charge in [0.1, 0.15) is 5.52 Å². The average Bonchev–Trinajstić information content (AvgIpc) is 3.07. The summed E-state index contributed by atoms with van der Waals surface area (Å²) in [6.45, 7) is 2.38. The van der Waals surface area contributed by atoms with Crippen LogP contribution in [-0.4, -0.2) is 56.8 Å². The number of fused-ring (bicyclic) bond motifs is 1. The van der Waals surface area contributed by atoms with Crippen molar-refractivity contribution in [3.63, 3.8) is 0 Å². The fourth-order valence-electron chi connectivity index (χ4n) is 3.76. The molecule has 0 saturated carbocycles. The van der Waals surface area contributed by atoms with Gasteiger partial charge in [0, 0.05) is 38.0 Å². The molecule has 2 aliphatic heterocycles. The molecule has 7 heteroatoms. The van der Waals surface area contributed by atoms with Gasteiger partial charge >= 0.3 is 0 Å². The van der Waals surface area contributed by atoms with E-state index in [1.54, 1.807) is 12.4 Å². The van der Waals surface area contributed by atoms with E-state index in [4.69, 9.17) is 4.74 Å². The van der Waals surface area contributed by atoms with Crippen LogP contribution in [0.3, 0.4) is 0 Å². The molecule has 2 aliphatic rings. The first-order valence-electron chi connectivity index (χ1n) is 8.85. The van der Waals surface area contributed by atoms with Crippen LogP contribution >= 0.6 is 0 Å². The molecule has 7 nitrogen and oxygen atoms in total. The van der Waals surface area contributed by atoms with Gasteiger partial charge in [-0.25, -0.2) is 9.97 Å². The van der Waals surface area contributed by atoms with Gasteiger partial charge in [0.2, 0.25) is 5.91 Å². The third kappa shape index (κ3) is 3.13. The lowest BCUT2D eigenvalue weighted by Crippen LogP contribution is -2.40. The lowest BCUT2D eigenvalue weighted by molar-refractivity contribution is -0.136. The number of amides is 1. The Morgan fingerprint density at radius 3 is 2.83 bits per heavy atom. The molecule has 0 aromatic carbocycles. The molecule has 0 aliphatic carbocycles. The molecule has 2 aromatic rings. The molecule has 1 amide bonds. The van der Waals surface area contributed by atoms with Crippen molar-refractivity contribution in [3.8, 4) is 0 Å². The summed E-state index contributed by atoms with van der Waals surface area (Å²) in [6, 6.07) is 0. The van der Waals surface area contributed by atoms with Crippen LogP contribution in [0.5, 0.6) is 0 Å². The fourth-order valence-corrected chi connectivity index (χ4v) is 3.76. The Kier molecular flexibility index (Phi) is 4.42. The van der Waals surface area contributed by atoms with Crippen LogP contribution in [0.1, 0.15) is 50.1 Å². The summed E-state index contributed by atoms with van der Waals surface area (Å²) in [7, 11) is 0. The minimum absolute atomic E-state index is 0.121. The molecule has 4 rings (SSSR count). The highest BCUT2D eigenvalue weighted by Crippen LogP contribution is 2.30. The summed E-state index contributed by atoms with van der Waals surface area (Å²) in [4.78, 5) is 23.1. The molecule has 0 bridgehead atoms. The number of nitrogens with zero attached hydrogens (tertiary/aromatic N) is 4. The Balaban J connectivity index is 1.35. The van der Waals surface area contributed by atoms with Crippen LogP contribution in [0.25, 0.3) is 11.2 Å². The van der Waals surface area contributed by atoms with Crippen molar-refractivity contribution >= 4 is 17.1 Å². The molecule has 1 atom stereocenters. The summed E-state index contributed by atoms with van der Waals surface area (Å²) in [5.41, 5.74) is 2.58. The molecular weight excluding hydrogens is 306 g/mol. The van der Waals surface area contributed by atoms with Crippen molar-refractivity contribution in [2.75, 3.05) is 19.7 Å². The average molecular weight is 329 g/mol. The minimum Gasteiger partial charge on any atom is -0.378 e. The molecule has 2 saturated heterocycles. The zero-order chi connectivity index (χ0) is 16.4. The van der Waals surface area contributed by atoms with Crippen molar-refractivity contribution in [2.45, 2.75) is 50.5 Å². The first-order chi connectivity index (χ1) is 11.8. The maximum absolute atomic E-state index is 12.5. The highest BCUT2D eigenvalue weighted by molar-refractivity contribution is 5.77. The van der Waals surface area contributed by atoms with E-state index in [-0.39, 0.29) is 12.0 Å². The topological polar surface area (TPSA) is 84.0 Å². The summed E-state index contributed by atoms with van der Waals surface area (Å²) < 4.78 is 5.69. The van der Waals surface area contributed by atoms with E-state index in [0.29, 0.717) is 18.0 Å². The van der Waals surface area contributed by atoms with Crippen LogP contribution in [0.15, 0.2) is 12.4 Å². The number of rotatable bonds is 3. The molecule has 1 unspecified atom stereocenters. The first-order valence-corrected chi connectivity index (χ1v) is 8.85. The smallest absolute Gasteiger partial charge is 0.225 e. The molecule has 0 radical (unpaired) electrons. The first kappa shape index (κ1) is 15.5. The Bertz CT molecular complexity index is 702. The van der Waals surface area contributed by atoms with E-state index in [9.17, 15) is 4.79 Å². The van der Waals surface area contributed by atoms with Crippen molar-refractivity contribution < 1.29 is 9.53 Å². The maximum Gasteiger partial charge on any atom is 0.225 e. The second-order valence-corrected chi connectivity index (χ2v) is 6.71. The van der Waals surface area contributed by atoms with Gasteiger partial charge in [0.05, 0.1) is 18.2 Å². The summed E-state index contributed by atoms with van der Waals surface area (Å²) in [6.07, 6.45) is 9.19. The minimum atomic E-state index is 0.121.